The minimum atomic E-state index is -0.647. The monoisotopic (exact) mass is 304 g/mol. The number of aromatic nitrogens is 1. The highest BCUT2D eigenvalue weighted by Crippen LogP contribution is 2.22. The van der Waals surface area contributed by atoms with Crippen molar-refractivity contribution in [1.82, 2.24) is 5.16 Å². The standard InChI is InChI=1S/C15H16N2O5/c1-9-14(10(2)22-17-9)15(19)21-8-13(18)16-11-6-4-5-7-12(11)20-3/h4-7H,8H2,1-3H3,(H,16,18). The molecule has 1 amide bonds. The molecular weight excluding hydrogens is 288 g/mol. The van der Waals surface area contributed by atoms with Crippen LogP contribution in [0.15, 0.2) is 28.8 Å². The van der Waals surface area contributed by atoms with Gasteiger partial charge in [0.25, 0.3) is 5.91 Å². The van der Waals surface area contributed by atoms with Gasteiger partial charge in [-0.2, -0.15) is 0 Å². The van der Waals surface area contributed by atoms with Crippen molar-refractivity contribution in [2.45, 2.75) is 13.8 Å². The smallest absolute Gasteiger partial charge is 0.344 e. The fourth-order valence-electron chi connectivity index (χ4n) is 1.91. The summed E-state index contributed by atoms with van der Waals surface area (Å²) in [4.78, 5) is 23.7. The number of amides is 1. The van der Waals surface area contributed by atoms with Gasteiger partial charge in [0.1, 0.15) is 17.1 Å². The number of aryl methyl sites for hydroxylation is 2. The van der Waals surface area contributed by atoms with E-state index >= 15 is 0 Å². The Kier molecular flexibility index (Phi) is 4.77. The number of methoxy groups -OCH3 is 1. The molecule has 0 aliphatic rings. The Morgan fingerprint density at radius 1 is 1.27 bits per heavy atom. The van der Waals surface area contributed by atoms with Crippen molar-refractivity contribution in [3.05, 3.63) is 41.3 Å². The maximum Gasteiger partial charge on any atom is 0.344 e. The lowest BCUT2D eigenvalue weighted by molar-refractivity contribution is -0.119. The number of esters is 1. The topological polar surface area (TPSA) is 90.7 Å². The number of rotatable bonds is 5. The second-order valence-electron chi connectivity index (χ2n) is 4.52. The molecular formula is C15H16N2O5. The zero-order chi connectivity index (χ0) is 16.1. The largest absolute Gasteiger partial charge is 0.495 e. The van der Waals surface area contributed by atoms with Gasteiger partial charge in [-0.05, 0) is 26.0 Å². The molecule has 1 N–H and O–H groups in total. The Hall–Kier alpha value is -2.83. The molecule has 0 aliphatic heterocycles. The van der Waals surface area contributed by atoms with Crippen LogP contribution in [0.3, 0.4) is 0 Å². The zero-order valence-electron chi connectivity index (χ0n) is 12.5. The van der Waals surface area contributed by atoms with Crippen LogP contribution in [-0.4, -0.2) is 30.7 Å². The van der Waals surface area contributed by atoms with Crippen molar-refractivity contribution in [1.29, 1.82) is 0 Å². The van der Waals surface area contributed by atoms with Gasteiger partial charge in [0.2, 0.25) is 0 Å². The molecule has 1 aromatic carbocycles. The molecule has 2 rings (SSSR count). The Bertz CT molecular complexity index is 673. The summed E-state index contributed by atoms with van der Waals surface area (Å²) in [5.74, 6) is -0.239. The molecule has 7 heteroatoms. The number of carbonyl (C=O) groups is 2. The Morgan fingerprint density at radius 2 is 2.00 bits per heavy atom. The van der Waals surface area contributed by atoms with E-state index < -0.39 is 18.5 Å². The van der Waals surface area contributed by atoms with E-state index in [0.29, 0.717) is 22.9 Å². The lowest BCUT2D eigenvalue weighted by atomic mass is 10.2. The first-order chi connectivity index (χ1) is 10.5. The van der Waals surface area contributed by atoms with Crippen molar-refractivity contribution in [3.63, 3.8) is 0 Å². The molecule has 0 saturated carbocycles. The third kappa shape index (κ3) is 3.43. The SMILES string of the molecule is COc1ccccc1NC(=O)COC(=O)c1c(C)noc1C. The molecule has 22 heavy (non-hydrogen) atoms. The van der Waals surface area contributed by atoms with Crippen molar-refractivity contribution >= 4 is 17.6 Å². The van der Waals surface area contributed by atoms with Crippen molar-refractivity contribution in [2.75, 3.05) is 19.0 Å². The summed E-state index contributed by atoms with van der Waals surface area (Å²) >= 11 is 0. The number of carbonyl (C=O) groups excluding carboxylic acids is 2. The Morgan fingerprint density at radius 3 is 2.64 bits per heavy atom. The quantitative estimate of drug-likeness (QED) is 0.851. The van der Waals surface area contributed by atoms with E-state index in [9.17, 15) is 9.59 Å². The maximum absolute atomic E-state index is 11.9. The minimum absolute atomic E-state index is 0.241. The van der Waals surface area contributed by atoms with Crippen molar-refractivity contribution in [3.8, 4) is 5.75 Å². The molecule has 0 radical (unpaired) electrons. The van der Waals surface area contributed by atoms with Gasteiger partial charge in [0, 0.05) is 0 Å². The van der Waals surface area contributed by atoms with Crippen LogP contribution in [0.1, 0.15) is 21.8 Å². The number of nitrogens with zero attached hydrogens (tertiary/aromatic N) is 1. The van der Waals surface area contributed by atoms with E-state index in [1.165, 1.54) is 7.11 Å². The Labute approximate surface area is 127 Å². The second kappa shape index (κ2) is 6.75. The summed E-state index contributed by atoms with van der Waals surface area (Å²) in [6, 6.07) is 6.94. The summed E-state index contributed by atoms with van der Waals surface area (Å²) < 4.78 is 15.0. The van der Waals surface area contributed by atoms with Gasteiger partial charge < -0.3 is 19.3 Å². The summed E-state index contributed by atoms with van der Waals surface area (Å²) in [7, 11) is 1.50. The average Bonchev–Trinajstić information content (AvgIpc) is 2.84. The maximum atomic E-state index is 11.9. The number of anilines is 1. The van der Waals surface area contributed by atoms with E-state index in [0.717, 1.165) is 0 Å². The predicted molar refractivity (Wildman–Crippen MR) is 77.9 cm³/mol. The first kappa shape index (κ1) is 15.6. The van der Waals surface area contributed by atoms with E-state index in [1.54, 1.807) is 38.1 Å². The lowest BCUT2D eigenvalue weighted by Gasteiger charge is -2.10. The third-order valence-corrected chi connectivity index (χ3v) is 2.95. The van der Waals surface area contributed by atoms with Gasteiger partial charge in [-0.3, -0.25) is 4.79 Å². The fourth-order valence-corrected chi connectivity index (χ4v) is 1.91. The second-order valence-corrected chi connectivity index (χ2v) is 4.52. The third-order valence-electron chi connectivity index (χ3n) is 2.95. The van der Waals surface area contributed by atoms with Crippen molar-refractivity contribution < 1.29 is 23.6 Å². The molecule has 0 unspecified atom stereocenters. The van der Waals surface area contributed by atoms with Crippen LogP contribution in [0, 0.1) is 13.8 Å². The van der Waals surface area contributed by atoms with Crippen LogP contribution in [-0.2, 0) is 9.53 Å². The summed E-state index contributed by atoms with van der Waals surface area (Å²) in [5, 5.41) is 6.27. The molecule has 0 atom stereocenters. The summed E-state index contributed by atoms with van der Waals surface area (Å²) in [5.41, 5.74) is 1.17. The van der Waals surface area contributed by atoms with Gasteiger partial charge in [0.15, 0.2) is 6.61 Å². The number of hydrogen-bond donors (Lipinski definition) is 1. The molecule has 0 saturated heterocycles. The van der Waals surface area contributed by atoms with E-state index in [-0.39, 0.29) is 5.56 Å². The van der Waals surface area contributed by atoms with Crippen LogP contribution in [0.25, 0.3) is 0 Å². The minimum Gasteiger partial charge on any atom is -0.495 e. The summed E-state index contributed by atoms with van der Waals surface area (Å²) in [6.45, 7) is 2.81. The van der Waals surface area contributed by atoms with Crippen molar-refractivity contribution in [2.24, 2.45) is 0 Å². The highest BCUT2D eigenvalue weighted by molar-refractivity contribution is 5.97. The predicted octanol–water partition coefficient (Wildman–Crippen LogP) is 2.10. The molecule has 7 nitrogen and oxygen atoms in total. The molecule has 1 aromatic heterocycles. The zero-order valence-corrected chi connectivity index (χ0v) is 12.5. The first-order valence-electron chi connectivity index (χ1n) is 6.55. The molecule has 2 aromatic rings. The summed E-state index contributed by atoms with van der Waals surface area (Å²) in [6.07, 6.45) is 0. The highest BCUT2D eigenvalue weighted by Gasteiger charge is 2.20. The van der Waals surface area contributed by atoms with Crippen LogP contribution >= 0.6 is 0 Å². The van der Waals surface area contributed by atoms with Gasteiger partial charge in [0.05, 0.1) is 18.5 Å². The molecule has 0 aliphatic carbocycles. The molecule has 116 valence electrons. The lowest BCUT2D eigenvalue weighted by Crippen LogP contribution is -2.21. The molecule has 0 fully saturated rings. The fraction of sp³-hybridized carbons (Fsp3) is 0.267. The average molecular weight is 304 g/mol. The normalized spacial score (nSPS) is 10.1. The number of nitrogens with one attached hydrogen (secondary N) is 1. The van der Waals surface area contributed by atoms with Gasteiger partial charge >= 0.3 is 5.97 Å². The molecule has 1 heterocycles. The molecule has 0 bridgehead atoms. The van der Waals surface area contributed by atoms with Crippen LogP contribution < -0.4 is 10.1 Å². The first-order valence-corrected chi connectivity index (χ1v) is 6.55. The number of hydrogen-bond acceptors (Lipinski definition) is 6. The van der Waals surface area contributed by atoms with E-state index in [2.05, 4.69) is 10.5 Å². The highest BCUT2D eigenvalue weighted by atomic mass is 16.5. The number of para-hydroxylation sites is 2. The van der Waals surface area contributed by atoms with E-state index in [4.69, 9.17) is 14.0 Å². The molecule has 0 spiro atoms. The van der Waals surface area contributed by atoms with E-state index in [1.807, 2.05) is 0 Å². The van der Waals surface area contributed by atoms with Crippen LogP contribution in [0.5, 0.6) is 5.75 Å². The van der Waals surface area contributed by atoms with Gasteiger partial charge in [-0.1, -0.05) is 17.3 Å². The Balaban J connectivity index is 1.94. The van der Waals surface area contributed by atoms with Crippen LogP contribution in [0.4, 0.5) is 5.69 Å². The van der Waals surface area contributed by atoms with Gasteiger partial charge in [-0.15, -0.1) is 0 Å². The number of benzene rings is 1. The number of ether oxygens (including phenoxy) is 2. The van der Waals surface area contributed by atoms with Gasteiger partial charge in [-0.25, -0.2) is 4.79 Å². The van der Waals surface area contributed by atoms with Crippen LogP contribution in [0.2, 0.25) is 0 Å².